The summed E-state index contributed by atoms with van der Waals surface area (Å²) in [5.74, 6) is 0. The Morgan fingerprint density at radius 3 is 2.48 bits per heavy atom. The molecule has 0 aliphatic carbocycles. The summed E-state index contributed by atoms with van der Waals surface area (Å²) in [5.41, 5.74) is 2.48. The lowest BCUT2D eigenvalue weighted by Gasteiger charge is -2.09. The van der Waals surface area contributed by atoms with Crippen molar-refractivity contribution < 1.29 is 4.84 Å². The second kappa shape index (κ2) is 8.39. The Balaban J connectivity index is 1.78. The zero-order valence-electron chi connectivity index (χ0n) is 13.1. The van der Waals surface area contributed by atoms with Gasteiger partial charge in [-0.25, -0.2) is 4.98 Å². The van der Waals surface area contributed by atoms with E-state index in [1.807, 2.05) is 41.1 Å². The minimum absolute atomic E-state index is 0.247. The highest BCUT2D eigenvalue weighted by Gasteiger charge is 2.07. The zero-order valence-corrected chi connectivity index (χ0v) is 15.3. The molecule has 0 aliphatic rings. The van der Waals surface area contributed by atoms with Crippen molar-refractivity contribution >= 4 is 40.5 Å². The summed E-state index contributed by atoms with van der Waals surface area (Å²) in [6, 6.07) is 12.7. The molecule has 0 amide bonds. The van der Waals surface area contributed by atoms with Gasteiger partial charge in [-0.1, -0.05) is 58.2 Å². The second-order valence-corrected chi connectivity index (χ2v) is 6.57. The smallest absolute Gasteiger partial charge is 0.143 e. The van der Waals surface area contributed by atoms with E-state index in [0.29, 0.717) is 21.6 Å². The average Bonchev–Trinajstić information content (AvgIpc) is 3.10. The molecule has 0 unspecified atom stereocenters. The van der Waals surface area contributed by atoms with Crippen LogP contribution in [0.4, 0.5) is 0 Å². The van der Waals surface area contributed by atoms with Gasteiger partial charge in [0.2, 0.25) is 0 Å². The molecule has 0 N–H and O–H groups in total. The maximum absolute atomic E-state index is 6.15. The van der Waals surface area contributed by atoms with Gasteiger partial charge in [0.05, 0.1) is 12.9 Å². The number of aromatic nitrogens is 2. The van der Waals surface area contributed by atoms with Crippen molar-refractivity contribution in [1.82, 2.24) is 9.55 Å². The first-order valence-electron chi connectivity index (χ1n) is 7.46. The van der Waals surface area contributed by atoms with Gasteiger partial charge in [0.1, 0.15) is 12.3 Å². The van der Waals surface area contributed by atoms with Crippen LogP contribution < -0.4 is 0 Å². The van der Waals surface area contributed by atoms with E-state index in [9.17, 15) is 0 Å². The predicted octanol–water partition coefficient (Wildman–Crippen LogP) is 5.46. The molecule has 1 heterocycles. The molecular formula is C18H14Cl3N3O. The average molecular weight is 395 g/mol. The fourth-order valence-corrected chi connectivity index (χ4v) is 2.78. The number of rotatable bonds is 6. The van der Waals surface area contributed by atoms with Gasteiger partial charge < -0.3 is 9.40 Å². The van der Waals surface area contributed by atoms with E-state index in [0.717, 1.165) is 16.8 Å². The van der Waals surface area contributed by atoms with Crippen molar-refractivity contribution in [2.24, 2.45) is 5.16 Å². The third kappa shape index (κ3) is 4.98. The first kappa shape index (κ1) is 17.8. The van der Waals surface area contributed by atoms with Crippen LogP contribution in [-0.4, -0.2) is 15.3 Å². The van der Waals surface area contributed by atoms with Crippen molar-refractivity contribution in [3.63, 3.8) is 0 Å². The molecular weight excluding hydrogens is 381 g/mol. The highest BCUT2D eigenvalue weighted by Crippen LogP contribution is 2.21. The fraction of sp³-hybridized carbons (Fsp3) is 0.111. The summed E-state index contributed by atoms with van der Waals surface area (Å²) in [6.45, 7) is 0.771. The zero-order chi connectivity index (χ0) is 17.6. The molecule has 0 atom stereocenters. The van der Waals surface area contributed by atoms with Crippen molar-refractivity contribution in [1.29, 1.82) is 0 Å². The lowest BCUT2D eigenvalue weighted by Crippen LogP contribution is -2.11. The van der Waals surface area contributed by atoms with Gasteiger partial charge in [-0.3, -0.25) is 0 Å². The molecule has 3 rings (SSSR count). The first-order valence-corrected chi connectivity index (χ1v) is 8.59. The van der Waals surface area contributed by atoms with Gasteiger partial charge >= 0.3 is 0 Å². The summed E-state index contributed by atoms with van der Waals surface area (Å²) >= 11 is 18.0. The molecule has 0 saturated carbocycles. The van der Waals surface area contributed by atoms with Crippen LogP contribution in [-0.2, 0) is 18.0 Å². The quantitative estimate of drug-likeness (QED) is 0.411. The number of benzene rings is 2. The minimum Gasteiger partial charge on any atom is -0.391 e. The van der Waals surface area contributed by atoms with Crippen LogP contribution in [0.15, 0.2) is 66.3 Å². The molecule has 7 heteroatoms. The Morgan fingerprint density at radius 1 is 1.04 bits per heavy atom. The van der Waals surface area contributed by atoms with Crippen molar-refractivity contribution in [3.05, 3.63) is 87.4 Å². The molecule has 4 nitrogen and oxygen atoms in total. The van der Waals surface area contributed by atoms with Gasteiger partial charge in [0.15, 0.2) is 0 Å². The van der Waals surface area contributed by atoms with Crippen molar-refractivity contribution in [2.45, 2.75) is 13.2 Å². The van der Waals surface area contributed by atoms with Gasteiger partial charge in [-0.2, -0.15) is 0 Å². The lowest BCUT2D eigenvalue weighted by molar-refractivity contribution is 0.130. The molecule has 128 valence electrons. The van der Waals surface area contributed by atoms with E-state index in [1.54, 1.807) is 24.7 Å². The van der Waals surface area contributed by atoms with Crippen molar-refractivity contribution in [2.75, 3.05) is 0 Å². The fourth-order valence-electron chi connectivity index (χ4n) is 2.19. The van der Waals surface area contributed by atoms with E-state index in [-0.39, 0.29) is 6.61 Å². The van der Waals surface area contributed by atoms with E-state index in [4.69, 9.17) is 39.6 Å². The molecule has 0 fully saturated rings. The Bertz CT molecular complexity index is 862. The third-order valence-corrected chi connectivity index (χ3v) is 4.32. The highest BCUT2D eigenvalue weighted by molar-refractivity contribution is 6.35. The van der Waals surface area contributed by atoms with E-state index in [2.05, 4.69) is 10.1 Å². The molecule has 0 spiro atoms. The standard InChI is InChI=1S/C18H14Cl3N3O/c19-15-4-1-13(2-5-15)18(10-24-8-7-22-12-24)23-25-11-14-3-6-16(20)9-17(14)21/h1-9,12H,10-11H2/b23-18-. The molecule has 3 aromatic rings. The van der Waals surface area contributed by atoms with Gasteiger partial charge in [0.25, 0.3) is 0 Å². The summed E-state index contributed by atoms with van der Waals surface area (Å²) in [4.78, 5) is 9.58. The van der Waals surface area contributed by atoms with E-state index >= 15 is 0 Å². The highest BCUT2D eigenvalue weighted by atomic mass is 35.5. The molecule has 0 bridgehead atoms. The summed E-state index contributed by atoms with van der Waals surface area (Å²) in [5, 5.41) is 6.09. The predicted molar refractivity (Wildman–Crippen MR) is 101 cm³/mol. The topological polar surface area (TPSA) is 39.4 Å². The van der Waals surface area contributed by atoms with Crippen LogP contribution in [0.5, 0.6) is 0 Å². The SMILES string of the molecule is Clc1ccc(/C(Cn2ccnc2)=N\OCc2ccc(Cl)cc2Cl)cc1. The minimum atomic E-state index is 0.247. The van der Waals surface area contributed by atoms with Gasteiger partial charge in [-0.15, -0.1) is 0 Å². The molecule has 0 saturated heterocycles. The molecule has 0 radical (unpaired) electrons. The Kier molecular flexibility index (Phi) is 5.97. The van der Waals surface area contributed by atoms with Crippen LogP contribution in [0.3, 0.4) is 0 Å². The number of halogens is 3. The summed E-state index contributed by atoms with van der Waals surface area (Å²) in [6.07, 6.45) is 5.30. The summed E-state index contributed by atoms with van der Waals surface area (Å²) in [7, 11) is 0. The number of imidazole rings is 1. The summed E-state index contributed by atoms with van der Waals surface area (Å²) < 4.78 is 1.91. The third-order valence-electron chi connectivity index (χ3n) is 3.48. The van der Waals surface area contributed by atoms with Gasteiger partial charge in [0, 0.05) is 38.6 Å². The van der Waals surface area contributed by atoms with E-state index in [1.165, 1.54) is 0 Å². The number of hydrogen-bond acceptors (Lipinski definition) is 3. The molecule has 1 aromatic heterocycles. The monoisotopic (exact) mass is 393 g/mol. The molecule has 2 aromatic carbocycles. The first-order chi connectivity index (χ1) is 12.1. The van der Waals surface area contributed by atoms with Crippen LogP contribution in [0, 0.1) is 0 Å². The van der Waals surface area contributed by atoms with E-state index < -0.39 is 0 Å². The number of oxime groups is 1. The van der Waals surface area contributed by atoms with Crippen LogP contribution in [0.1, 0.15) is 11.1 Å². The molecule has 0 aliphatic heterocycles. The van der Waals surface area contributed by atoms with Gasteiger partial charge in [-0.05, 0) is 24.3 Å². The Hall–Kier alpha value is -2.01. The van der Waals surface area contributed by atoms with Crippen molar-refractivity contribution in [3.8, 4) is 0 Å². The second-order valence-electron chi connectivity index (χ2n) is 5.29. The van der Waals surface area contributed by atoms with Crippen LogP contribution >= 0.6 is 34.8 Å². The maximum Gasteiger partial charge on any atom is 0.143 e. The molecule has 25 heavy (non-hydrogen) atoms. The maximum atomic E-state index is 6.15. The Labute approximate surface area is 160 Å². The normalized spacial score (nSPS) is 11.6. The lowest BCUT2D eigenvalue weighted by atomic mass is 10.1. The number of hydrogen-bond donors (Lipinski definition) is 0. The number of nitrogens with zero attached hydrogens (tertiary/aromatic N) is 3. The van der Waals surface area contributed by atoms with Crippen LogP contribution in [0.2, 0.25) is 15.1 Å². The Morgan fingerprint density at radius 2 is 1.80 bits per heavy atom. The largest absolute Gasteiger partial charge is 0.391 e. The van der Waals surface area contributed by atoms with Crippen LogP contribution in [0.25, 0.3) is 0 Å².